The minimum atomic E-state index is -0.353. The van der Waals surface area contributed by atoms with Crippen LogP contribution in [0.1, 0.15) is 40.5 Å². The molecule has 7 heteroatoms. The van der Waals surface area contributed by atoms with Crippen LogP contribution in [0.3, 0.4) is 0 Å². The Kier molecular flexibility index (Phi) is 4.74. The summed E-state index contributed by atoms with van der Waals surface area (Å²) in [6.07, 6.45) is 5.08. The Morgan fingerprint density at radius 3 is 2.72 bits per heavy atom. The number of hydrogen-bond acceptors (Lipinski definition) is 4. The molecule has 3 heterocycles. The molecule has 0 atom stereocenters. The first-order valence-corrected chi connectivity index (χ1v) is 8.01. The Labute approximate surface area is 145 Å². The molecule has 25 heavy (non-hydrogen) atoms. The molecule has 0 fully saturated rings. The quantitative estimate of drug-likeness (QED) is 0.743. The third kappa shape index (κ3) is 3.65. The van der Waals surface area contributed by atoms with Crippen LogP contribution >= 0.6 is 0 Å². The van der Waals surface area contributed by atoms with Crippen LogP contribution in [0.25, 0.3) is 5.52 Å². The second-order valence-electron chi connectivity index (χ2n) is 5.91. The maximum absolute atomic E-state index is 12.5. The van der Waals surface area contributed by atoms with Crippen molar-refractivity contribution in [2.75, 3.05) is 0 Å². The monoisotopic (exact) mass is 337 g/mol. The number of fused-ring (bicyclic) bond motifs is 1. The van der Waals surface area contributed by atoms with Gasteiger partial charge in [0.2, 0.25) is 5.82 Å². The standard InChI is InChI=1S/C18H19N5O2/c1-12(2)21-17(24)15-14-7-3-4-9-23(14)16(22-15)18(25)20-11-13-6-5-8-19-10-13/h3-10,12H,11H2,1-2H3,(H,20,25)(H,21,24). The van der Waals surface area contributed by atoms with Gasteiger partial charge >= 0.3 is 0 Å². The molecule has 0 radical (unpaired) electrons. The number of hydrogen-bond donors (Lipinski definition) is 2. The first-order valence-electron chi connectivity index (χ1n) is 8.01. The van der Waals surface area contributed by atoms with Crippen LogP contribution in [0.2, 0.25) is 0 Å². The highest BCUT2D eigenvalue weighted by Gasteiger charge is 2.21. The van der Waals surface area contributed by atoms with Gasteiger partial charge < -0.3 is 10.6 Å². The van der Waals surface area contributed by atoms with Crippen LogP contribution in [0, 0.1) is 0 Å². The van der Waals surface area contributed by atoms with Crippen LogP contribution in [-0.2, 0) is 6.54 Å². The normalized spacial score (nSPS) is 10.8. The molecule has 0 spiro atoms. The molecular formula is C18H19N5O2. The third-order valence-corrected chi connectivity index (χ3v) is 3.56. The number of nitrogens with one attached hydrogen (secondary N) is 2. The fraction of sp³-hybridized carbons (Fsp3) is 0.222. The Balaban J connectivity index is 1.88. The first kappa shape index (κ1) is 16.6. The number of nitrogens with zero attached hydrogens (tertiary/aromatic N) is 3. The van der Waals surface area contributed by atoms with Crippen molar-refractivity contribution in [2.24, 2.45) is 0 Å². The van der Waals surface area contributed by atoms with E-state index in [4.69, 9.17) is 0 Å². The molecule has 0 bridgehead atoms. The maximum Gasteiger partial charge on any atom is 0.287 e. The van der Waals surface area contributed by atoms with Gasteiger partial charge in [0, 0.05) is 31.2 Å². The van der Waals surface area contributed by atoms with Gasteiger partial charge in [0.15, 0.2) is 5.69 Å². The van der Waals surface area contributed by atoms with Gasteiger partial charge in [-0.05, 0) is 37.6 Å². The zero-order valence-electron chi connectivity index (χ0n) is 14.1. The molecule has 0 saturated carbocycles. The molecule has 2 amide bonds. The third-order valence-electron chi connectivity index (χ3n) is 3.56. The minimum absolute atomic E-state index is 0.0178. The Bertz CT molecular complexity index is 902. The van der Waals surface area contributed by atoms with E-state index in [-0.39, 0.29) is 29.4 Å². The predicted octanol–water partition coefficient (Wildman–Crippen LogP) is 1.80. The van der Waals surface area contributed by atoms with Crippen LogP contribution in [-0.4, -0.2) is 32.2 Å². The summed E-state index contributed by atoms with van der Waals surface area (Å²) < 4.78 is 1.62. The SMILES string of the molecule is CC(C)NC(=O)c1nc(C(=O)NCc2cccnc2)n2ccccc12. The Hall–Kier alpha value is -3.22. The maximum atomic E-state index is 12.5. The number of pyridine rings is 2. The molecule has 128 valence electrons. The van der Waals surface area contributed by atoms with Crippen molar-refractivity contribution < 1.29 is 9.59 Å². The van der Waals surface area contributed by atoms with E-state index in [0.717, 1.165) is 5.56 Å². The van der Waals surface area contributed by atoms with Crippen molar-refractivity contribution in [1.29, 1.82) is 0 Å². The molecule has 0 aliphatic rings. The fourth-order valence-electron chi connectivity index (χ4n) is 2.46. The molecule has 0 aliphatic heterocycles. The van der Waals surface area contributed by atoms with E-state index in [1.165, 1.54) is 0 Å². The van der Waals surface area contributed by atoms with E-state index in [2.05, 4.69) is 20.6 Å². The molecule has 2 N–H and O–H groups in total. The first-order chi connectivity index (χ1) is 12.1. The van der Waals surface area contributed by atoms with Crippen molar-refractivity contribution in [1.82, 2.24) is 25.0 Å². The number of imidazole rings is 1. The molecule has 0 aliphatic carbocycles. The van der Waals surface area contributed by atoms with Gasteiger partial charge in [-0.2, -0.15) is 0 Å². The van der Waals surface area contributed by atoms with Crippen molar-refractivity contribution in [2.45, 2.75) is 26.4 Å². The largest absolute Gasteiger partial charge is 0.348 e. The summed E-state index contributed by atoms with van der Waals surface area (Å²) in [5.74, 6) is -0.480. The molecule has 0 unspecified atom stereocenters. The van der Waals surface area contributed by atoms with Crippen molar-refractivity contribution in [3.05, 3.63) is 66.0 Å². The van der Waals surface area contributed by atoms with E-state index in [9.17, 15) is 9.59 Å². The van der Waals surface area contributed by atoms with Crippen molar-refractivity contribution >= 4 is 17.3 Å². The van der Waals surface area contributed by atoms with Gasteiger partial charge in [-0.1, -0.05) is 12.1 Å². The topological polar surface area (TPSA) is 88.4 Å². The predicted molar refractivity (Wildman–Crippen MR) is 93.2 cm³/mol. The van der Waals surface area contributed by atoms with E-state index in [0.29, 0.717) is 12.1 Å². The number of aromatic nitrogens is 3. The Morgan fingerprint density at radius 2 is 2.00 bits per heavy atom. The molecule has 0 saturated heterocycles. The van der Waals surface area contributed by atoms with Gasteiger partial charge in [-0.15, -0.1) is 0 Å². The number of carbonyl (C=O) groups excluding carboxylic acids is 2. The molecule has 3 rings (SSSR count). The lowest BCUT2D eigenvalue weighted by Gasteiger charge is -2.06. The minimum Gasteiger partial charge on any atom is -0.348 e. The number of rotatable bonds is 5. The summed E-state index contributed by atoms with van der Waals surface area (Å²) in [4.78, 5) is 33.2. The number of carbonyl (C=O) groups is 2. The van der Waals surface area contributed by atoms with Gasteiger partial charge in [-0.25, -0.2) is 4.98 Å². The highest BCUT2D eigenvalue weighted by molar-refractivity contribution is 6.02. The number of amides is 2. The zero-order chi connectivity index (χ0) is 17.8. The lowest BCUT2D eigenvalue weighted by Crippen LogP contribution is -2.30. The summed E-state index contributed by atoms with van der Waals surface area (Å²) in [5, 5.41) is 5.61. The highest BCUT2D eigenvalue weighted by atomic mass is 16.2. The van der Waals surface area contributed by atoms with Crippen molar-refractivity contribution in [3.8, 4) is 0 Å². The zero-order valence-corrected chi connectivity index (χ0v) is 14.1. The summed E-state index contributed by atoms with van der Waals surface area (Å²) in [6.45, 7) is 4.08. The van der Waals surface area contributed by atoms with Crippen LogP contribution < -0.4 is 10.6 Å². The fourth-order valence-corrected chi connectivity index (χ4v) is 2.46. The lowest BCUT2D eigenvalue weighted by atomic mass is 10.3. The van der Waals surface area contributed by atoms with E-state index < -0.39 is 0 Å². The second-order valence-corrected chi connectivity index (χ2v) is 5.91. The summed E-state index contributed by atoms with van der Waals surface area (Å²) in [7, 11) is 0. The van der Waals surface area contributed by atoms with Gasteiger partial charge in [0.1, 0.15) is 0 Å². The molecule has 3 aromatic rings. The van der Waals surface area contributed by atoms with E-state index in [1.807, 2.05) is 19.9 Å². The Morgan fingerprint density at radius 1 is 1.16 bits per heavy atom. The average Bonchev–Trinajstić information content (AvgIpc) is 3.00. The molecule has 7 nitrogen and oxygen atoms in total. The van der Waals surface area contributed by atoms with Gasteiger partial charge in [-0.3, -0.25) is 19.0 Å². The van der Waals surface area contributed by atoms with Crippen LogP contribution in [0.4, 0.5) is 0 Å². The van der Waals surface area contributed by atoms with Crippen LogP contribution in [0.15, 0.2) is 48.9 Å². The van der Waals surface area contributed by atoms with E-state index in [1.54, 1.807) is 47.3 Å². The van der Waals surface area contributed by atoms with Gasteiger partial charge in [0.25, 0.3) is 11.8 Å². The summed E-state index contributed by atoms with van der Waals surface area (Å²) in [5.41, 5.74) is 1.71. The summed E-state index contributed by atoms with van der Waals surface area (Å²) >= 11 is 0. The second kappa shape index (κ2) is 7.12. The molecule has 0 aromatic carbocycles. The van der Waals surface area contributed by atoms with Crippen LogP contribution in [0.5, 0.6) is 0 Å². The summed E-state index contributed by atoms with van der Waals surface area (Å²) in [6, 6.07) is 9.02. The highest BCUT2D eigenvalue weighted by Crippen LogP contribution is 2.13. The smallest absolute Gasteiger partial charge is 0.287 e. The molecule has 3 aromatic heterocycles. The van der Waals surface area contributed by atoms with Crippen molar-refractivity contribution in [3.63, 3.8) is 0 Å². The van der Waals surface area contributed by atoms with E-state index >= 15 is 0 Å². The lowest BCUT2D eigenvalue weighted by molar-refractivity contribution is 0.0939. The average molecular weight is 337 g/mol. The van der Waals surface area contributed by atoms with Gasteiger partial charge in [0.05, 0.1) is 5.52 Å². The molecular weight excluding hydrogens is 318 g/mol.